The Morgan fingerprint density at radius 1 is 0.962 bits per heavy atom. The van der Waals surface area contributed by atoms with E-state index in [-0.39, 0.29) is 37.5 Å². The molecule has 1 aliphatic heterocycles. The molecular formula is C31H49N6O13PS. The van der Waals surface area contributed by atoms with Gasteiger partial charge in [0.1, 0.15) is 45.8 Å². The minimum Gasteiger partial charge on any atom is -0.404 e. The van der Waals surface area contributed by atoms with Gasteiger partial charge in [-0.3, -0.25) is 38.6 Å². The number of nitrogens with two attached hydrogens (primary N) is 1. The highest BCUT2D eigenvalue weighted by Crippen LogP contribution is 2.37. The van der Waals surface area contributed by atoms with Crippen LogP contribution in [-0.2, 0) is 49.6 Å². The lowest BCUT2D eigenvalue weighted by Gasteiger charge is -2.31. The number of hydrogen-bond donors (Lipinski definition) is 8. The monoisotopic (exact) mass is 776 g/mol. The van der Waals surface area contributed by atoms with E-state index in [1.807, 2.05) is 13.8 Å². The Morgan fingerprint density at radius 3 is 2.06 bits per heavy atom. The third kappa shape index (κ3) is 14.9. The number of phosphoric ester groups is 1. The molecule has 0 radical (unpaired) electrons. The molecule has 1 aromatic rings. The number of aliphatic hydroxyl groups excluding tert-OH is 1. The maximum absolute atomic E-state index is 14.0. The van der Waals surface area contributed by atoms with E-state index in [1.54, 1.807) is 0 Å². The van der Waals surface area contributed by atoms with Gasteiger partial charge in [-0.15, -0.1) is 0 Å². The normalized spacial score (nSPS) is 17.6. The van der Waals surface area contributed by atoms with E-state index >= 15 is 0 Å². The molecule has 1 aliphatic rings. The first-order chi connectivity index (χ1) is 24.0. The van der Waals surface area contributed by atoms with Crippen molar-refractivity contribution in [2.75, 3.05) is 18.6 Å². The van der Waals surface area contributed by atoms with E-state index in [1.165, 1.54) is 43.0 Å². The van der Waals surface area contributed by atoms with Crippen molar-refractivity contribution >= 4 is 53.1 Å². The second-order valence-electron chi connectivity index (χ2n) is 13.2. The number of rotatable bonds is 19. The molecule has 2 rings (SSSR count). The van der Waals surface area contributed by atoms with E-state index < -0.39 is 102 Å². The summed E-state index contributed by atoms with van der Waals surface area (Å²) in [7, 11) is -8.41. The summed E-state index contributed by atoms with van der Waals surface area (Å²) in [4.78, 5) is 97.3. The number of sulfone groups is 1. The first kappa shape index (κ1) is 44.1. The second-order valence-corrected chi connectivity index (χ2v) is 16.6. The standard InChI is InChI=1S/C31H49N6O13PS/c1-17(2)15-24(35-29(42)23(33-19(4)39)16-20-8-10-21(11-9-20)50-51(45,46)47)31(44)37-13-6-7-25(37)30(43)34-22(12-14-52(5,48)49)28(41)36-26(18(3)38)27(32)40/h8-11,17-18,22-26,38H,6-7,12-16H2,1-5H3,(H2,32,40)(H,33,39)(H,34,43)(H,35,42)(H,36,41)(H2,45,46,47)/t18?,22-,23-,24-,25-,26-/m0/s1. The smallest absolute Gasteiger partial charge is 0.404 e. The molecule has 0 saturated carbocycles. The molecule has 0 spiro atoms. The average Bonchev–Trinajstić information content (AvgIpc) is 3.50. The highest BCUT2D eigenvalue weighted by atomic mass is 32.2. The van der Waals surface area contributed by atoms with Crippen LogP contribution in [0.25, 0.3) is 0 Å². The number of primary amides is 1. The van der Waals surface area contributed by atoms with E-state index in [4.69, 9.17) is 15.5 Å². The summed E-state index contributed by atoms with van der Waals surface area (Å²) in [5.74, 6) is -5.46. The molecule has 1 unspecified atom stereocenters. The number of nitrogens with zero attached hydrogens (tertiary/aromatic N) is 1. The van der Waals surface area contributed by atoms with Crippen molar-refractivity contribution in [2.45, 2.75) is 96.1 Å². The van der Waals surface area contributed by atoms with Gasteiger partial charge in [0.15, 0.2) is 0 Å². The Labute approximate surface area is 301 Å². The lowest BCUT2D eigenvalue weighted by atomic mass is 10.00. The highest BCUT2D eigenvalue weighted by Gasteiger charge is 2.40. The molecule has 0 aromatic heterocycles. The van der Waals surface area contributed by atoms with Crippen molar-refractivity contribution in [3.05, 3.63) is 29.8 Å². The molecule has 1 fully saturated rings. The van der Waals surface area contributed by atoms with Gasteiger partial charge in [-0.25, -0.2) is 13.0 Å². The number of phosphoric acid groups is 1. The number of benzene rings is 1. The van der Waals surface area contributed by atoms with E-state index in [0.717, 1.165) is 6.26 Å². The third-order valence-corrected chi connectivity index (χ3v) is 9.36. The van der Waals surface area contributed by atoms with Crippen molar-refractivity contribution in [2.24, 2.45) is 11.7 Å². The zero-order valence-electron chi connectivity index (χ0n) is 29.6. The van der Waals surface area contributed by atoms with E-state index in [0.29, 0.717) is 12.0 Å². The molecular weight excluding hydrogens is 727 g/mol. The van der Waals surface area contributed by atoms with Gasteiger partial charge in [0, 0.05) is 26.1 Å². The number of hydrogen-bond acceptors (Lipinski definition) is 11. The molecule has 9 N–H and O–H groups in total. The van der Waals surface area contributed by atoms with Crippen molar-refractivity contribution < 1.29 is 61.2 Å². The number of aliphatic hydroxyl groups is 1. The fourth-order valence-electron chi connectivity index (χ4n) is 5.53. The molecule has 0 aliphatic carbocycles. The van der Waals surface area contributed by atoms with E-state index in [2.05, 4.69) is 25.8 Å². The molecule has 0 bridgehead atoms. The van der Waals surface area contributed by atoms with Gasteiger partial charge in [0.25, 0.3) is 0 Å². The van der Waals surface area contributed by atoms with Crippen molar-refractivity contribution in [1.29, 1.82) is 0 Å². The summed E-state index contributed by atoms with van der Waals surface area (Å²) in [6.45, 7) is 6.14. The topological polar surface area (TPSA) is 301 Å². The zero-order chi connectivity index (χ0) is 39.6. The summed E-state index contributed by atoms with van der Waals surface area (Å²) >= 11 is 0. The summed E-state index contributed by atoms with van der Waals surface area (Å²) < 4.78 is 39.5. The van der Waals surface area contributed by atoms with Gasteiger partial charge in [-0.05, 0) is 56.2 Å². The summed E-state index contributed by atoms with van der Waals surface area (Å²) in [5, 5.41) is 19.8. The molecule has 292 valence electrons. The zero-order valence-corrected chi connectivity index (χ0v) is 31.3. The fourth-order valence-corrected chi connectivity index (χ4v) is 6.59. The Balaban J connectivity index is 2.29. The predicted octanol–water partition coefficient (Wildman–Crippen LogP) is -2.00. The van der Waals surface area contributed by atoms with Gasteiger partial charge in [0.05, 0.1) is 11.9 Å². The molecule has 6 atom stereocenters. The van der Waals surface area contributed by atoms with Crippen molar-refractivity contribution in [3.63, 3.8) is 0 Å². The molecule has 1 heterocycles. The van der Waals surface area contributed by atoms with Crippen LogP contribution in [0.5, 0.6) is 5.75 Å². The van der Waals surface area contributed by atoms with Crippen molar-refractivity contribution in [3.8, 4) is 5.75 Å². The number of carbonyl (C=O) groups excluding carboxylic acids is 6. The first-order valence-electron chi connectivity index (χ1n) is 16.4. The lowest BCUT2D eigenvalue weighted by molar-refractivity contribution is -0.143. The Morgan fingerprint density at radius 2 is 1.56 bits per heavy atom. The molecule has 52 heavy (non-hydrogen) atoms. The Bertz CT molecular complexity index is 1620. The minimum atomic E-state index is -4.80. The van der Waals surface area contributed by atoms with Crippen LogP contribution in [0.2, 0.25) is 0 Å². The Hall–Kier alpha value is -4.10. The fraction of sp³-hybridized carbons (Fsp3) is 0.613. The summed E-state index contributed by atoms with van der Waals surface area (Å²) in [5.41, 5.74) is 5.75. The SMILES string of the molecule is CC(=O)N[C@@H](Cc1ccc(OP(=O)(O)O)cc1)C(=O)N[C@@H](CC(C)C)C(=O)N1CCC[C@H]1C(=O)N[C@@H](CCS(C)(=O)=O)C(=O)N[C@H](C(N)=O)C(C)O. The lowest BCUT2D eigenvalue weighted by Crippen LogP contribution is -2.60. The minimum absolute atomic E-state index is 0.0679. The molecule has 6 amide bonds. The number of nitrogens with one attached hydrogen (secondary N) is 4. The van der Waals surface area contributed by atoms with Crippen LogP contribution < -0.4 is 31.5 Å². The maximum atomic E-state index is 14.0. The summed E-state index contributed by atoms with van der Waals surface area (Å²) in [6, 6.07) is -1.01. The van der Waals surface area contributed by atoms with Gasteiger partial charge < -0.3 is 41.5 Å². The van der Waals surface area contributed by atoms with Gasteiger partial charge in [0.2, 0.25) is 35.4 Å². The quantitative estimate of drug-likeness (QED) is 0.0706. The van der Waals surface area contributed by atoms with Crippen LogP contribution in [-0.4, -0.2) is 119 Å². The summed E-state index contributed by atoms with van der Waals surface area (Å²) in [6.07, 6.45) is -0.222. The van der Waals surface area contributed by atoms with Crippen LogP contribution in [0, 0.1) is 5.92 Å². The molecule has 1 saturated heterocycles. The van der Waals surface area contributed by atoms with Gasteiger partial charge >= 0.3 is 7.82 Å². The maximum Gasteiger partial charge on any atom is 0.524 e. The number of amides is 6. The molecule has 19 nitrogen and oxygen atoms in total. The number of likely N-dealkylation sites (tertiary alicyclic amines) is 1. The number of carbonyl (C=O) groups is 6. The molecule has 1 aromatic carbocycles. The van der Waals surface area contributed by atoms with Gasteiger partial charge in [-0.2, -0.15) is 0 Å². The van der Waals surface area contributed by atoms with Gasteiger partial charge in [-0.1, -0.05) is 26.0 Å². The predicted molar refractivity (Wildman–Crippen MR) is 186 cm³/mol. The average molecular weight is 777 g/mol. The van der Waals surface area contributed by atoms with Crippen molar-refractivity contribution in [1.82, 2.24) is 26.2 Å². The van der Waals surface area contributed by atoms with Crippen LogP contribution in [0.4, 0.5) is 0 Å². The van der Waals surface area contributed by atoms with E-state index in [9.17, 15) is 46.9 Å². The Kier molecular flexibility index (Phi) is 16.2. The largest absolute Gasteiger partial charge is 0.524 e. The van der Waals surface area contributed by atoms with Crippen LogP contribution in [0.1, 0.15) is 58.9 Å². The van der Waals surface area contributed by atoms with Crippen LogP contribution in [0.3, 0.4) is 0 Å². The van der Waals surface area contributed by atoms with Crippen LogP contribution >= 0.6 is 7.82 Å². The third-order valence-electron chi connectivity index (χ3n) is 7.94. The first-order valence-corrected chi connectivity index (χ1v) is 20.0. The highest BCUT2D eigenvalue weighted by molar-refractivity contribution is 7.90. The molecule has 21 heteroatoms. The van der Waals surface area contributed by atoms with Crippen LogP contribution in [0.15, 0.2) is 24.3 Å². The second kappa shape index (κ2) is 19.1.